The molecule has 0 aliphatic carbocycles. The van der Waals surface area contributed by atoms with E-state index in [4.69, 9.17) is 4.98 Å². The van der Waals surface area contributed by atoms with Gasteiger partial charge >= 0.3 is 5.97 Å². The first kappa shape index (κ1) is 18.5. The first-order chi connectivity index (χ1) is 12.9. The SMILES string of the molecule is COC(=O)c1ccc(NN=Cc2ccc3cccc(C(C)(C)C)c3n2)nc1. The second-order valence-electron chi connectivity index (χ2n) is 7.16. The van der Waals surface area contributed by atoms with Gasteiger partial charge in [0.15, 0.2) is 0 Å². The van der Waals surface area contributed by atoms with Crippen molar-refractivity contribution in [1.82, 2.24) is 9.97 Å². The number of anilines is 1. The lowest BCUT2D eigenvalue weighted by molar-refractivity contribution is 0.0600. The third-order valence-electron chi connectivity index (χ3n) is 4.11. The number of hydrazone groups is 1. The predicted octanol–water partition coefficient (Wildman–Crippen LogP) is 4.16. The first-order valence-electron chi connectivity index (χ1n) is 8.62. The van der Waals surface area contributed by atoms with Crippen LogP contribution in [0.5, 0.6) is 0 Å². The highest BCUT2D eigenvalue weighted by molar-refractivity contribution is 5.89. The van der Waals surface area contributed by atoms with Gasteiger partial charge in [-0.2, -0.15) is 5.10 Å². The molecule has 0 atom stereocenters. The molecule has 2 heterocycles. The topological polar surface area (TPSA) is 76.5 Å². The van der Waals surface area contributed by atoms with Gasteiger partial charge in [0.05, 0.1) is 30.1 Å². The number of nitrogens with zero attached hydrogens (tertiary/aromatic N) is 3. The van der Waals surface area contributed by atoms with Crippen LogP contribution in [0, 0.1) is 0 Å². The number of fused-ring (bicyclic) bond motifs is 1. The van der Waals surface area contributed by atoms with E-state index in [1.54, 1.807) is 18.3 Å². The number of carbonyl (C=O) groups excluding carboxylic acids is 1. The number of hydrogen-bond acceptors (Lipinski definition) is 6. The molecule has 0 unspecified atom stereocenters. The minimum Gasteiger partial charge on any atom is -0.465 e. The molecular formula is C21H22N4O2. The fourth-order valence-corrected chi connectivity index (χ4v) is 2.70. The van der Waals surface area contributed by atoms with Crippen LogP contribution in [0.25, 0.3) is 10.9 Å². The van der Waals surface area contributed by atoms with E-state index in [9.17, 15) is 4.79 Å². The van der Waals surface area contributed by atoms with Crippen LogP contribution >= 0.6 is 0 Å². The van der Waals surface area contributed by atoms with Crippen molar-refractivity contribution >= 4 is 28.9 Å². The zero-order chi connectivity index (χ0) is 19.4. The Morgan fingerprint density at radius 1 is 1.15 bits per heavy atom. The van der Waals surface area contributed by atoms with Gasteiger partial charge in [-0.05, 0) is 29.2 Å². The molecule has 0 saturated carbocycles. The fourth-order valence-electron chi connectivity index (χ4n) is 2.70. The highest BCUT2D eigenvalue weighted by Gasteiger charge is 2.17. The van der Waals surface area contributed by atoms with Gasteiger partial charge in [-0.1, -0.05) is 45.0 Å². The Morgan fingerprint density at radius 3 is 2.63 bits per heavy atom. The van der Waals surface area contributed by atoms with Gasteiger partial charge in [0.25, 0.3) is 0 Å². The summed E-state index contributed by atoms with van der Waals surface area (Å²) in [6.07, 6.45) is 3.09. The number of rotatable bonds is 4. The number of benzene rings is 1. The maximum atomic E-state index is 11.4. The van der Waals surface area contributed by atoms with E-state index in [1.165, 1.54) is 18.9 Å². The molecule has 0 spiro atoms. The molecule has 3 aromatic rings. The molecule has 138 valence electrons. The van der Waals surface area contributed by atoms with E-state index >= 15 is 0 Å². The van der Waals surface area contributed by atoms with Crippen LogP contribution in [0.1, 0.15) is 42.4 Å². The van der Waals surface area contributed by atoms with E-state index in [0.29, 0.717) is 11.4 Å². The van der Waals surface area contributed by atoms with Gasteiger partial charge < -0.3 is 4.74 Å². The van der Waals surface area contributed by atoms with Gasteiger partial charge in [-0.15, -0.1) is 0 Å². The van der Waals surface area contributed by atoms with Gasteiger partial charge in [0, 0.05) is 11.6 Å². The Hall–Kier alpha value is -3.28. The number of ether oxygens (including phenoxy) is 1. The second-order valence-corrected chi connectivity index (χ2v) is 7.16. The van der Waals surface area contributed by atoms with Crippen molar-refractivity contribution in [3.05, 3.63) is 65.5 Å². The fraction of sp³-hybridized carbons (Fsp3) is 0.238. The van der Waals surface area contributed by atoms with Crippen LogP contribution in [0.4, 0.5) is 5.82 Å². The molecule has 0 aliphatic rings. The van der Waals surface area contributed by atoms with E-state index in [-0.39, 0.29) is 5.41 Å². The van der Waals surface area contributed by atoms with Crippen LogP contribution in [0.15, 0.2) is 53.8 Å². The summed E-state index contributed by atoms with van der Waals surface area (Å²) in [5.74, 6) is 0.0997. The molecule has 0 amide bonds. The maximum absolute atomic E-state index is 11.4. The molecule has 0 fully saturated rings. The van der Waals surface area contributed by atoms with E-state index in [0.717, 1.165) is 16.6 Å². The molecule has 6 nitrogen and oxygen atoms in total. The monoisotopic (exact) mass is 362 g/mol. The number of nitrogens with one attached hydrogen (secondary N) is 1. The summed E-state index contributed by atoms with van der Waals surface area (Å²) in [5.41, 5.74) is 6.16. The molecule has 0 bridgehead atoms. The molecule has 1 aromatic carbocycles. The third-order valence-corrected chi connectivity index (χ3v) is 4.11. The Morgan fingerprint density at radius 2 is 1.96 bits per heavy atom. The van der Waals surface area contributed by atoms with Crippen molar-refractivity contribution in [3.63, 3.8) is 0 Å². The molecule has 0 radical (unpaired) electrons. The highest BCUT2D eigenvalue weighted by atomic mass is 16.5. The molecular weight excluding hydrogens is 340 g/mol. The number of carbonyl (C=O) groups is 1. The number of hydrogen-bond donors (Lipinski definition) is 1. The summed E-state index contributed by atoms with van der Waals surface area (Å²) in [5, 5.41) is 5.29. The van der Waals surface area contributed by atoms with Crippen LogP contribution < -0.4 is 5.43 Å². The molecule has 27 heavy (non-hydrogen) atoms. The van der Waals surface area contributed by atoms with E-state index in [1.807, 2.05) is 12.1 Å². The predicted molar refractivity (Wildman–Crippen MR) is 107 cm³/mol. The van der Waals surface area contributed by atoms with E-state index < -0.39 is 5.97 Å². The molecule has 3 rings (SSSR count). The number of aromatic nitrogens is 2. The third kappa shape index (κ3) is 4.28. The van der Waals surface area contributed by atoms with Crippen LogP contribution in [0.3, 0.4) is 0 Å². The highest BCUT2D eigenvalue weighted by Crippen LogP contribution is 2.28. The quantitative estimate of drug-likeness (QED) is 0.428. The Kier molecular flexibility index (Phi) is 5.16. The first-order valence-corrected chi connectivity index (χ1v) is 8.62. The van der Waals surface area contributed by atoms with Crippen molar-refractivity contribution in [3.8, 4) is 0 Å². The lowest BCUT2D eigenvalue weighted by Gasteiger charge is -2.20. The molecule has 0 saturated heterocycles. The van der Waals surface area contributed by atoms with Crippen molar-refractivity contribution in [1.29, 1.82) is 0 Å². The molecule has 2 aromatic heterocycles. The summed E-state index contributed by atoms with van der Waals surface area (Å²) >= 11 is 0. The Balaban J connectivity index is 1.79. The average molecular weight is 362 g/mol. The Bertz CT molecular complexity index is 989. The number of methoxy groups -OCH3 is 1. The van der Waals surface area contributed by atoms with Crippen molar-refractivity contribution in [2.24, 2.45) is 5.10 Å². The second kappa shape index (κ2) is 7.53. The normalized spacial score (nSPS) is 11.7. The zero-order valence-corrected chi connectivity index (χ0v) is 15.9. The molecule has 0 aliphatic heterocycles. The van der Waals surface area contributed by atoms with Crippen LogP contribution in [-0.2, 0) is 10.2 Å². The summed E-state index contributed by atoms with van der Waals surface area (Å²) in [4.78, 5) is 20.3. The van der Waals surface area contributed by atoms with Gasteiger partial charge in [-0.25, -0.2) is 14.8 Å². The minimum absolute atomic E-state index is 0.00578. The Labute approximate surface area is 158 Å². The maximum Gasteiger partial charge on any atom is 0.339 e. The lowest BCUT2D eigenvalue weighted by Crippen LogP contribution is -2.12. The van der Waals surface area contributed by atoms with Gasteiger partial charge in [0.2, 0.25) is 0 Å². The van der Waals surface area contributed by atoms with Crippen LogP contribution in [0.2, 0.25) is 0 Å². The summed E-state index contributed by atoms with van der Waals surface area (Å²) in [6, 6.07) is 13.5. The molecule has 6 heteroatoms. The summed E-state index contributed by atoms with van der Waals surface area (Å²) in [7, 11) is 1.33. The summed E-state index contributed by atoms with van der Waals surface area (Å²) < 4.78 is 4.65. The zero-order valence-electron chi connectivity index (χ0n) is 15.9. The standard InChI is InChI=1S/C21H22N4O2/c1-21(2,3)17-7-5-6-14-8-10-16(24-19(14)17)13-23-25-18-11-9-15(12-22-18)20(26)27-4/h5-13H,1-4H3,(H,22,25). The number of para-hydroxylation sites is 1. The van der Waals surface area contributed by atoms with Crippen molar-refractivity contribution in [2.75, 3.05) is 12.5 Å². The molecule has 1 N–H and O–H groups in total. The number of esters is 1. The average Bonchev–Trinajstić information content (AvgIpc) is 2.66. The van der Waals surface area contributed by atoms with Gasteiger partial charge in [-0.3, -0.25) is 5.43 Å². The largest absolute Gasteiger partial charge is 0.465 e. The van der Waals surface area contributed by atoms with Crippen molar-refractivity contribution < 1.29 is 9.53 Å². The lowest BCUT2D eigenvalue weighted by atomic mass is 9.85. The minimum atomic E-state index is -0.424. The summed E-state index contributed by atoms with van der Waals surface area (Å²) in [6.45, 7) is 6.53. The smallest absolute Gasteiger partial charge is 0.339 e. The van der Waals surface area contributed by atoms with Gasteiger partial charge in [0.1, 0.15) is 5.82 Å². The van der Waals surface area contributed by atoms with Crippen LogP contribution in [-0.4, -0.2) is 29.3 Å². The van der Waals surface area contributed by atoms with E-state index in [2.05, 4.69) is 59.2 Å². The van der Waals surface area contributed by atoms with Crippen molar-refractivity contribution in [2.45, 2.75) is 26.2 Å². The number of pyridine rings is 2.